The number of halogens is 2. The molecule has 0 spiro atoms. The zero-order chi connectivity index (χ0) is 14.5. The highest BCUT2D eigenvalue weighted by Gasteiger charge is 2.16. The van der Waals surface area contributed by atoms with E-state index in [0.717, 1.165) is 5.01 Å². The molecule has 1 heterocycles. The predicted molar refractivity (Wildman–Crippen MR) is 80.5 cm³/mol. The van der Waals surface area contributed by atoms with Crippen LogP contribution in [0.1, 0.15) is 11.9 Å². The molecule has 1 amide bonds. The van der Waals surface area contributed by atoms with Gasteiger partial charge in [-0.05, 0) is 25.1 Å². The summed E-state index contributed by atoms with van der Waals surface area (Å²) < 4.78 is 5.51. The third-order valence-corrected chi connectivity index (χ3v) is 3.77. The summed E-state index contributed by atoms with van der Waals surface area (Å²) in [5.74, 6) is 0.194. The molecule has 0 aliphatic carbocycles. The van der Waals surface area contributed by atoms with Gasteiger partial charge in [-0.25, -0.2) is 4.98 Å². The zero-order valence-electron chi connectivity index (χ0n) is 10.6. The largest absolute Gasteiger partial charge is 0.479 e. The van der Waals surface area contributed by atoms with E-state index in [4.69, 9.17) is 27.9 Å². The first-order chi connectivity index (χ1) is 9.56. The van der Waals surface area contributed by atoms with Crippen LogP contribution in [0.4, 0.5) is 0 Å². The van der Waals surface area contributed by atoms with Gasteiger partial charge in [0.25, 0.3) is 5.91 Å². The van der Waals surface area contributed by atoms with E-state index in [1.165, 1.54) is 11.3 Å². The molecule has 1 unspecified atom stereocenters. The summed E-state index contributed by atoms with van der Waals surface area (Å²) >= 11 is 13.3. The van der Waals surface area contributed by atoms with E-state index in [1.807, 2.05) is 5.38 Å². The van der Waals surface area contributed by atoms with Crippen LogP contribution in [0, 0.1) is 0 Å². The average Bonchev–Trinajstić information content (AvgIpc) is 2.92. The molecule has 20 heavy (non-hydrogen) atoms. The van der Waals surface area contributed by atoms with Gasteiger partial charge in [0.2, 0.25) is 0 Å². The predicted octanol–water partition coefficient (Wildman–Crippen LogP) is 3.53. The number of thiazole rings is 1. The van der Waals surface area contributed by atoms with Crippen LogP contribution in [0.25, 0.3) is 0 Å². The number of nitrogens with zero attached hydrogens (tertiary/aromatic N) is 1. The van der Waals surface area contributed by atoms with Crippen LogP contribution in [-0.2, 0) is 11.3 Å². The van der Waals surface area contributed by atoms with E-state index in [-0.39, 0.29) is 5.91 Å². The minimum Gasteiger partial charge on any atom is -0.479 e. The topological polar surface area (TPSA) is 51.2 Å². The highest BCUT2D eigenvalue weighted by Crippen LogP contribution is 2.28. The number of carbonyl (C=O) groups is 1. The highest BCUT2D eigenvalue weighted by molar-refractivity contribution is 7.09. The second kappa shape index (κ2) is 6.92. The van der Waals surface area contributed by atoms with E-state index >= 15 is 0 Å². The number of amides is 1. The zero-order valence-corrected chi connectivity index (χ0v) is 12.9. The normalized spacial score (nSPS) is 11.9. The van der Waals surface area contributed by atoms with Crippen molar-refractivity contribution in [3.05, 3.63) is 44.8 Å². The van der Waals surface area contributed by atoms with E-state index in [1.54, 1.807) is 31.3 Å². The third-order valence-electron chi connectivity index (χ3n) is 2.46. The Labute approximate surface area is 130 Å². The van der Waals surface area contributed by atoms with Gasteiger partial charge < -0.3 is 10.1 Å². The van der Waals surface area contributed by atoms with Gasteiger partial charge in [-0.15, -0.1) is 11.3 Å². The lowest BCUT2D eigenvalue weighted by Gasteiger charge is -2.15. The highest BCUT2D eigenvalue weighted by atomic mass is 35.5. The average molecular weight is 331 g/mol. The van der Waals surface area contributed by atoms with Gasteiger partial charge >= 0.3 is 0 Å². The minimum atomic E-state index is -0.659. The lowest BCUT2D eigenvalue weighted by Crippen LogP contribution is -2.35. The van der Waals surface area contributed by atoms with E-state index in [2.05, 4.69) is 10.3 Å². The first kappa shape index (κ1) is 15.1. The molecular formula is C13H12Cl2N2O2S. The van der Waals surface area contributed by atoms with Crippen LogP contribution >= 0.6 is 34.5 Å². The fraction of sp³-hybridized carbons (Fsp3) is 0.231. The fourth-order valence-electron chi connectivity index (χ4n) is 1.46. The summed E-state index contributed by atoms with van der Waals surface area (Å²) in [6, 6.07) is 4.86. The first-order valence-corrected chi connectivity index (χ1v) is 7.47. The summed E-state index contributed by atoms with van der Waals surface area (Å²) in [6.45, 7) is 2.04. The van der Waals surface area contributed by atoms with Gasteiger partial charge in [0.1, 0.15) is 10.8 Å². The maximum Gasteiger partial charge on any atom is 0.261 e. The summed E-state index contributed by atoms with van der Waals surface area (Å²) in [7, 11) is 0. The summed E-state index contributed by atoms with van der Waals surface area (Å²) in [5, 5.41) is 6.34. The van der Waals surface area contributed by atoms with Crippen molar-refractivity contribution in [3.8, 4) is 5.75 Å². The number of nitrogens with one attached hydrogen (secondary N) is 1. The first-order valence-electron chi connectivity index (χ1n) is 5.84. The van der Waals surface area contributed by atoms with Gasteiger partial charge in [-0.3, -0.25) is 4.79 Å². The Kier molecular flexibility index (Phi) is 5.23. The Morgan fingerprint density at radius 3 is 2.95 bits per heavy atom. The van der Waals surface area contributed by atoms with Crippen LogP contribution in [0.2, 0.25) is 10.0 Å². The van der Waals surface area contributed by atoms with Crippen molar-refractivity contribution >= 4 is 40.4 Å². The van der Waals surface area contributed by atoms with Gasteiger partial charge in [0, 0.05) is 16.6 Å². The van der Waals surface area contributed by atoms with Crippen molar-refractivity contribution in [2.24, 2.45) is 0 Å². The SMILES string of the molecule is CC(Oc1ccc(Cl)cc1Cl)C(=O)NCc1nccs1. The number of carbonyl (C=O) groups excluding carboxylic acids is 1. The Morgan fingerprint density at radius 2 is 2.30 bits per heavy atom. The summed E-state index contributed by atoms with van der Waals surface area (Å²) in [4.78, 5) is 16.0. The van der Waals surface area contributed by atoms with E-state index < -0.39 is 6.10 Å². The van der Waals surface area contributed by atoms with Crippen molar-refractivity contribution in [1.82, 2.24) is 10.3 Å². The molecule has 0 saturated heterocycles. The Morgan fingerprint density at radius 1 is 1.50 bits per heavy atom. The Balaban J connectivity index is 1.90. The Bertz CT molecular complexity index is 590. The standard InChI is InChI=1S/C13H12Cl2N2O2S/c1-8(13(18)17-7-12-16-4-5-20-12)19-11-3-2-9(14)6-10(11)15/h2-6,8H,7H2,1H3,(H,17,18). The van der Waals surface area contributed by atoms with E-state index in [0.29, 0.717) is 22.3 Å². The molecule has 2 rings (SSSR count). The molecular weight excluding hydrogens is 319 g/mol. The number of ether oxygens (including phenoxy) is 1. The fourth-order valence-corrected chi connectivity index (χ4v) is 2.47. The van der Waals surface area contributed by atoms with Crippen LogP contribution in [0.15, 0.2) is 29.8 Å². The molecule has 1 atom stereocenters. The van der Waals surface area contributed by atoms with Crippen molar-refractivity contribution in [2.45, 2.75) is 19.6 Å². The van der Waals surface area contributed by atoms with Crippen LogP contribution in [0.3, 0.4) is 0 Å². The molecule has 0 bridgehead atoms. The molecule has 1 aromatic carbocycles. The smallest absolute Gasteiger partial charge is 0.261 e. The maximum atomic E-state index is 11.9. The van der Waals surface area contributed by atoms with Gasteiger partial charge in [-0.2, -0.15) is 0 Å². The third kappa shape index (κ3) is 4.10. The number of hydrogen-bond acceptors (Lipinski definition) is 4. The second-order valence-corrected chi connectivity index (χ2v) is 5.80. The molecule has 0 radical (unpaired) electrons. The van der Waals surface area contributed by atoms with Crippen LogP contribution < -0.4 is 10.1 Å². The molecule has 106 valence electrons. The molecule has 4 nitrogen and oxygen atoms in total. The molecule has 7 heteroatoms. The molecule has 0 aliphatic heterocycles. The number of rotatable bonds is 5. The number of aromatic nitrogens is 1. The monoisotopic (exact) mass is 330 g/mol. The molecule has 0 fully saturated rings. The number of hydrogen-bond donors (Lipinski definition) is 1. The molecule has 1 N–H and O–H groups in total. The van der Waals surface area contributed by atoms with Crippen molar-refractivity contribution < 1.29 is 9.53 Å². The van der Waals surface area contributed by atoms with E-state index in [9.17, 15) is 4.79 Å². The molecule has 2 aromatic rings. The van der Waals surface area contributed by atoms with Crippen molar-refractivity contribution in [3.63, 3.8) is 0 Å². The molecule has 0 saturated carbocycles. The van der Waals surface area contributed by atoms with Crippen LogP contribution in [0.5, 0.6) is 5.75 Å². The minimum absolute atomic E-state index is 0.230. The van der Waals surface area contributed by atoms with Crippen LogP contribution in [-0.4, -0.2) is 17.0 Å². The lowest BCUT2D eigenvalue weighted by molar-refractivity contribution is -0.127. The second-order valence-electron chi connectivity index (χ2n) is 3.98. The lowest BCUT2D eigenvalue weighted by atomic mass is 10.3. The van der Waals surface area contributed by atoms with Gasteiger partial charge in [-0.1, -0.05) is 23.2 Å². The quantitative estimate of drug-likeness (QED) is 0.912. The van der Waals surface area contributed by atoms with Crippen molar-refractivity contribution in [1.29, 1.82) is 0 Å². The van der Waals surface area contributed by atoms with Gasteiger partial charge in [0.05, 0.1) is 11.6 Å². The Hall–Kier alpha value is -1.30. The van der Waals surface area contributed by atoms with Gasteiger partial charge in [0.15, 0.2) is 6.10 Å². The van der Waals surface area contributed by atoms with Crippen molar-refractivity contribution in [2.75, 3.05) is 0 Å². The maximum absolute atomic E-state index is 11.9. The summed E-state index contributed by atoms with van der Waals surface area (Å²) in [5.41, 5.74) is 0. The molecule has 0 aliphatic rings. The summed E-state index contributed by atoms with van der Waals surface area (Å²) in [6.07, 6.45) is 1.04. The number of benzene rings is 1. The molecule has 1 aromatic heterocycles.